The lowest BCUT2D eigenvalue weighted by atomic mass is 9.99. The number of phenolic OH excluding ortho intramolecular Hbond substituents is 8. The van der Waals surface area contributed by atoms with Crippen molar-refractivity contribution >= 4 is 38.3 Å². The number of phenols is 8. The SMILES string of the molecule is O=C(O)C1OC(Oc2c(-c3ccc(O)c(O)c3)oc3cc(O)cc(O)c3c2=O)C(O)C(O)C1O.O=c1c(OS(=O)(=O)O)c(-c2ccc(O)c(O)c2)oc2cc(O)cc(O)c12. The molecule has 4 aromatic carbocycles. The number of carboxylic acid groups (broad SMARTS) is 1. The van der Waals surface area contributed by atoms with Gasteiger partial charge in [0.1, 0.15) is 63.2 Å². The summed E-state index contributed by atoms with van der Waals surface area (Å²) in [5.41, 5.74) is -2.98. The minimum absolute atomic E-state index is 0.0483. The van der Waals surface area contributed by atoms with E-state index in [4.69, 9.17) is 22.9 Å². The van der Waals surface area contributed by atoms with Crippen LogP contribution in [0.3, 0.4) is 0 Å². The first-order chi connectivity index (χ1) is 28.1. The van der Waals surface area contributed by atoms with Crippen molar-refractivity contribution in [3.63, 3.8) is 0 Å². The molecule has 0 spiro atoms. The summed E-state index contributed by atoms with van der Waals surface area (Å²) in [4.78, 5) is 37.2. The van der Waals surface area contributed by atoms with Crippen molar-refractivity contribution in [3.8, 4) is 80.1 Å². The number of aliphatic hydroxyl groups excluding tert-OH is 3. The van der Waals surface area contributed by atoms with Gasteiger partial charge in [-0.15, -0.1) is 0 Å². The van der Waals surface area contributed by atoms with Crippen LogP contribution in [-0.2, 0) is 19.9 Å². The number of aliphatic carboxylic acids is 1. The van der Waals surface area contributed by atoms with Gasteiger partial charge in [0.05, 0.1) is 0 Å². The lowest BCUT2D eigenvalue weighted by Gasteiger charge is -2.38. The Morgan fingerprint density at radius 1 is 0.583 bits per heavy atom. The fraction of sp³-hybridized carbons (Fsp3) is 0.139. The highest BCUT2D eigenvalue weighted by molar-refractivity contribution is 7.81. The zero-order valence-electron chi connectivity index (χ0n) is 29.5. The van der Waals surface area contributed by atoms with Crippen LogP contribution in [0.2, 0.25) is 0 Å². The smallest absolute Gasteiger partial charge is 0.446 e. The van der Waals surface area contributed by atoms with Gasteiger partial charge >= 0.3 is 16.4 Å². The summed E-state index contributed by atoms with van der Waals surface area (Å²) in [6.45, 7) is 0. The lowest BCUT2D eigenvalue weighted by Crippen LogP contribution is -2.61. The molecule has 5 unspecified atom stereocenters. The molecule has 1 aliphatic heterocycles. The molecule has 24 heteroatoms. The highest BCUT2D eigenvalue weighted by atomic mass is 32.3. The van der Waals surface area contributed by atoms with E-state index in [9.17, 15) is 84.1 Å². The second-order valence-electron chi connectivity index (χ2n) is 12.6. The van der Waals surface area contributed by atoms with Gasteiger partial charge in [0.25, 0.3) is 0 Å². The molecule has 1 aliphatic rings. The van der Waals surface area contributed by atoms with E-state index in [1.54, 1.807) is 0 Å². The molecule has 3 heterocycles. The Bertz CT molecular complexity index is 2920. The summed E-state index contributed by atoms with van der Waals surface area (Å²) in [5.74, 6) is -8.91. The van der Waals surface area contributed by atoms with Crippen molar-refractivity contribution in [3.05, 3.63) is 81.1 Å². The maximum Gasteiger partial charge on any atom is 0.446 e. The standard InChI is InChI=1S/C21H18O13.C15H10O10S/c22-7-4-10(25)12-11(5-7)32-17(6-1-2-8(23)9(24)3-6)18(13(12)26)33-21-16(29)14(27)15(28)19(34-21)20(30)31;16-7-4-10(19)12-11(5-7)24-14(6-1-2-8(17)9(18)3-6)15(13(12)20)25-26(21,22)23/h1-5,14-16,19,21-25,27-29H,(H,30,31);1-5,16-19H,(H,21,22,23). The highest BCUT2D eigenvalue weighted by Gasteiger charge is 2.48. The van der Waals surface area contributed by atoms with Gasteiger partial charge < -0.3 is 83.8 Å². The van der Waals surface area contributed by atoms with Crippen LogP contribution in [0.1, 0.15) is 0 Å². The minimum Gasteiger partial charge on any atom is -0.508 e. The summed E-state index contributed by atoms with van der Waals surface area (Å²) in [7, 11) is -5.14. The first kappa shape index (κ1) is 42.1. The molecule has 1 fully saturated rings. The lowest BCUT2D eigenvalue weighted by molar-refractivity contribution is -0.271. The number of hydrogen-bond acceptors (Lipinski definition) is 21. The Morgan fingerprint density at radius 2 is 1.03 bits per heavy atom. The topological polar surface area (TPSA) is 402 Å². The largest absolute Gasteiger partial charge is 0.508 e. The second-order valence-corrected chi connectivity index (χ2v) is 13.6. The van der Waals surface area contributed by atoms with Gasteiger partial charge in [-0.3, -0.25) is 14.1 Å². The molecule has 5 atom stereocenters. The molecule has 60 heavy (non-hydrogen) atoms. The zero-order chi connectivity index (χ0) is 44.1. The number of hydrogen-bond donors (Lipinski definition) is 13. The summed E-state index contributed by atoms with van der Waals surface area (Å²) >= 11 is 0. The average molecular weight is 861 g/mol. The first-order valence-corrected chi connectivity index (χ1v) is 17.8. The molecule has 0 aliphatic carbocycles. The predicted molar refractivity (Wildman–Crippen MR) is 196 cm³/mol. The van der Waals surface area contributed by atoms with E-state index in [2.05, 4.69) is 4.18 Å². The van der Waals surface area contributed by atoms with E-state index in [1.165, 1.54) is 12.1 Å². The van der Waals surface area contributed by atoms with Gasteiger partial charge in [-0.1, -0.05) is 0 Å². The summed E-state index contributed by atoms with van der Waals surface area (Å²) < 4.78 is 56.8. The highest BCUT2D eigenvalue weighted by Crippen LogP contribution is 2.41. The molecule has 7 rings (SSSR count). The van der Waals surface area contributed by atoms with E-state index >= 15 is 0 Å². The fourth-order valence-corrected chi connectivity index (χ4v) is 6.16. The van der Waals surface area contributed by atoms with Crippen LogP contribution in [0.25, 0.3) is 44.6 Å². The number of carboxylic acids is 1. The molecule has 316 valence electrons. The number of aliphatic hydroxyl groups is 3. The Kier molecular flexibility index (Phi) is 11.0. The molecule has 1 saturated heterocycles. The molecule has 0 bridgehead atoms. The van der Waals surface area contributed by atoms with E-state index in [-0.39, 0.29) is 22.3 Å². The normalized spacial score (nSPS) is 19.0. The average Bonchev–Trinajstić information content (AvgIpc) is 3.15. The molecule has 2 aromatic heterocycles. The van der Waals surface area contributed by atoms with Gasteiger partial charge in [0.15, 0.2) is 40.6 Å². The molecular formula is C36H28O23S. The summed E-state index contributed by atoms with van der Waals surface area (Å²) in [6, 6.07) is 10.1. The number of fused-ring (bicyclic) bond motifs is 2. The van der Waals surface area contributed by atoms with Gasteiger partial charge in [0.2, 0.25) is 28.6 Å². The molecule has 13 N–H and O–H groups in total. The van der Waals surface area contributed by atoms with Crippen molar-refractivity contribution in [1.29, 1.82) is 0 Å². The van der Waals surface area contributed by atoms with Crippen molar-refractivity contribution < 1.29 is 102 Å². The van der Waals surface area contributed by atoms with Gasteiger partial charge in [-0.05, 0) is 36.4 Å². The first-order valence-electron chi connectivity index (χ1n) is 16.4. The van der Waals surface area contributed by atoms with Crippen LogP contribution < -0.4 is 19.8 Å². The molecule has 0 amide bonds. The zero-order valence-corrected chi connectivity index (χ0v) is 30.3. The monoisotopic (exact) mass is 860 g/mol. The predicted octanol–water partition coefficient (Wildman–Crippen LogP) is 1.02. The summed E-state index contributed by atoms with van der Waals surface area (Å²) in [6.07, 6.45) is -10.1. The fourth-order valence-electron chi connectivity index (χ4n) is 5.80. The van der Waals surface area contributed by atoms with Crippen LogP contribution in [0.5, 0.6) is 57.5 Å². The maximum absolute atomic E-state index is 13.2. The van der Waals surface area contributed by atoms with Crippen LogP contribution in [-0.4, -0.2) is 111 Å². The van der Waals surface area contributed by atoms with Crippen LogP contribution in [0.4, 0.5) is 0 Å². The van der Waals surface area contributed by atoms with Crippen LogP contribution >= 0.6 is 0 Å². The Labute approximate surface area is 331 Å². The van der Waals surface area contributed by atoms with Crippen LogP contribution in [0, 0.1) is 0 Å². The van der Waals surface area contributed by atoms with E-state index < -0.39 is 138 Å². The third-order valence-electron chi connectivity index (χ3n) is 8.55. The summed E-state index contributed by atoms with van der Waals surface area (Å²) in [5, 5.41) is 116. The van der Waals surface area contributed by atoms with Crippen LogP contribution in [0.15, 0.2) is 79.1 Å². The minimum atomic E-state index is -5.14. The molecular weight excluding hydrogens is 832 g/mol. The Balaban J connectivity index is 0.000000209. The van der Waals surface area contributed by atoms with Crippen molar-refractivity contribution in [2.24, 2.45) is 0 Å². The van der Waals surface area contributed by atoms with E-state index in [0.29, 0.717) is 0 Å². The number of rotatable bonds is 7. The van der Waals surface area contributed by atoms with E-state index in [0.717, 1.165) is 48.5 Å². The number of aromatic hydroxyl groups is 8. The second kappa shape index (κ2) is 15.7. The molecule has 6 aromatic rings. The number of ether oxygens (including phenoxy) is 2. The molecule has 23 nitrogen and oxygen atoms in total. The third-order valence-corrected chi connectivity index (χ3v) is 8.92. The quantitative estimate of drug-likeness (QED) is 0.0787. The van der Waals surface area contributed by atoms with Gasteiger partial charge in [-0.2, -0.15) is 8.42 Å². The number of benzene rings is 4. The van der Waals surface area contributed by atoms with Crippen molar-refractivity contribution in [2.75, 3.05) is 0 Å². The Hall–Kier alpha value is -7.48. The van der Waals surface area contributed by atoms with Gasteiger partial charge in [-0.25, -0.2) is 4.79 Å². The van der Waals surface area contributed by atoms with Gasteiger partial charge in [0, 0.05) is 35.4 Å². The molecule has 0 radical (unpaired) electrons. The maximum atomic E-state index is 13.2. The molecule has 0 saturated carbocycles. The Morgan fingerprint density at radius 3 is 1.47 bits per heavy atom. The number of carbonyl (C=O) groups is 1. The van der Waals surface area contributed by atoms with E-state index in [1.807, 2.05) is 0 Å². The van der Waals surface area contributed by atoms with Crippen molar-refractivity contribution in [2.45, 2.75) is 30.7 Å². The third kappa shape index (κ3) is 8.12. The van der Waals surface area contributed by atoms with Crippen molar-refractivity contribution in [1.82, 2.24) is 0 Å².